The molecule has 0 radical (unpaired) electrons. The molecule has 1 fully saturated rings. The Hall–Kier alpha value is -3.09. The number of aromatic nitrogens is 1. The summed E-state index contributed by atoms with van der Waals surface area (Å²) in [5, 5.41) is 21.8. The molecule has 3 aromatic rings. The van der Waals surface area contributed by atoms with Crippen molar-refractivity contribution < 1.29 is 24.1 Å². The number of pyridine rings is 1. The van der Waals surface area contributed by atoms with Gasteiger partial charge in [0.05, 0.1) is 36.4 Å². The van der Waals surface area contributed by atoms with E-state index in [4.69, 9.17) is 9.72 Å². The van der Waals surface area contributed by atoms with Gasteiger partial charge in [0.25, 0.3) is 0 Å². The van der Waals surface area contributed by atoms with Crippen LogP contribution in [0.3, 0.4) is 0 Å². The second-order valence-corrected chi connectivity index (χ2v) is 9.68. The first-order chi connectivity index (χ1) is 16.8. The van der Waals surface area contributed by atoms with Crippen molar-refractivity contribution >= 4 is 22.9 Å². The Morgan fingerprint density at radius 1 is 1.14 bits per heavy atom. The number of esters is 1. The fraction of sp³-hybridized carbons (Fsp3) is 0.379. The van der Waals surface area contributed by atoms with E-state index in [-0.39, 0.29) is 24.6 Å². The van der Waals surface area contributed by atoms with E-state index in [1.807, 2.05) is 44.2 Å². The third-order valence-electron chi connectivity index (χ3n) is 6.04. The van der Waals surface area contributed by atoms with Gasteiger partial charge in [-0.1, -0.05) is 56.3 Å². The Bertz CT molecular complexity index is 1200. The molecule has 0 saturated heterocycles. The monoisotopic (exact) mass is 477 g/mol. The van der Waals surface area contributed by atoms with Gasteiger partial charge in [0, 0.05) is 28.9 Å². The summed E-state index contributed by atoms with van der Waals surface area (Å²) in [6.07, 6.45) is 3.46. The molecule has 1 aromatic heterocycles. The minimum atomic E-state index is -1.01. The molecule has 0 unspecified atom stereocenters. The number of para-hydroxylation sites is 1. The average Bonchev–Trinajstić information content (AvgIpc) is 3.66. The minimum absolute atomic E-state index is 0.0128. The highest BCUT2D eigenvalue weighted by Crippen LogP contribution is 2.45. The number of aliphatic hydroxyl groups excluding tert-OH is 2. The highest BCUT2D eigenvalue weighted by Gasteiger charge is 2.29. The smallest absolute Gasteiger partial charge is 0.308 e. The Morgan fingerprint density at radius 2 is 1.86 bits per heavy atom. The van der Waals surface area contributed by atoms with Gasteiger partial charge in [-0.25, -0.2) is 4.39 Å². The maximum Gasteiger partial charge on any atom is 0.308 e. The lowest BCUT2D eigenvalue weighted by molar-refractivity contribution is -0.147. The maximum atomic E-state index is 13.7. The van der Waals surface area contributed by atoms with Gasteiger partial charge in [-0.05, 0) is 42.5 Å². The van der Waals surface area contributed by atoms with E-state index < -0.39 is 18.2 Å². The van der Waals surface area contributed by atoms with E-state index >= 15 is 0 Å². The van der Waals surface area contributed by atoms with Crippen molar-refractivity contribution in [2.75, 3.05) is 6.61 Å². The normalized spacial score (nSPS) is 15.6. The molecule has 1 saturated carbocycles. The first kappa shape index (κ1) is 25.0. The number of hydrogen-bond donors (Lipinski definition) is 2. The number of hydrogen-bond acceptors (Lipinski definition) is 5. The zero-order chi connectivity index (χ0) is 24.9. The summed E-state index contributed by atoms with van der Waals surface area (Å²) in [4.78, 5) is 16.8. The fourth-order valence-electron chi connectivity index (χ4n) is 4.17. The van der Waals surface area contributed by atoms with E-state index in [1.54, 1.807) is 18.2 Å². The zero-order valence-corrected chi connectivity index (χ0v) is 20.2. The summed E-state index contributed by atoms with van der Waals surface area (Å²) in [7, 11) is 0. The number of aliphatic hydroxyl groups is 2. The molecule has 2 atom stereocenters. The summed E-state index contributed by atoms with van der Waals surface area (Å²) in [6, 6.07) is 14.3. The van der Waals surface area contributed by atoms with Gasteiger partial charge < -0.3 is 14.9 Å². The van der Waals surface area contributed by atoms with Gasteiger partial charge in [0.15, 0.2) is 0 Å². The maximum absolute atomic E-state index is 13.7. The summed E-state index contributed by atoms with van der Waals surface area (Å²) >= 11 is 0. The van der Waals surface area contributed by atoms with Crippen molar-refractivity contribution in [3.05, 3.63) is 71.7 Å². The zero-order valence-electron chi connectivity index (χ0n) is 20.2. The van der Waals surface area contributed by atoms with Gasteiger partial charge in [0.1, 0.15) is 5.82 Å². The van der Waals surface area contributed by atoms with Gasteiger partial charge >= 0.3 is 5.97 Å². The molecule has 1 heterocycles. The Morgan fingerprint density at radius 3 is 2.54 bits per heavy atom. The number of halogens is 1. The van der Waals surface area contributed by atoms with E-state index in [0.717, 1.165) is 46.1 Å². The highest BCUT2D eigenvalue weighted by molar-refractivity contribution is 5.99. The summed E-state index contributed by atoms with van der Waals surface area (Å²) in [5.74, 6) is -0.216. The standard InChI is InChI=1S/C29H32FNO4/c1-18(2)17-35-27(34)16-23(33)15-22(32)13-14-25-28(19-9-11-21(30)12-10-19)24-5-3-4-6-26(24)31-29(25)20-7-8-20/h3-6,9-14,18,20,22-23,32-33H,7-8,15-17H2,1-2H3/b14-13+/t22-,23-/m1/s1. The molecule has 0 amide bonds. The van der Waals surface area contributed by atoms with Crippen molar-refractivity contribution in [2.45, 2.75) is 57.7 Å². The quantitative estimate of drug-likeness (QED) is 0.370. The van der Waals surface area contributed by atoms with E-state index in [0.29, 0.717) is 12.5 Å². The molecule has 5 nitrogen and oxygen atoms in total. The summed E-state index contributed by atoms with van der Waals surface area (Å²) in [5.41, 5.74) is 4.54. The van der Waals surface area contributed by atoms with Crippen LogP contribution in [0.25, 0.3) is 28.1 Å². The first-order valence-corrected chi connectivity index (χ1v) is 12.2. The predicted molar refractivity (Wildman–Crippen MR) is 135 cm³/mol. The lowest BCUT2D eigenvalue weighted by Gasteiger charge is -2.17. The average molecular weight is 478 g/mol. The molecule has 0 aliphatic heterocycles. The number of benzene rings is 2. The molecule has 2 N–H and O–H groups in total. The van der Waals surface area contributed by atoms with E-state index in [9.17, 15) is 19.4 Å². The lowest BCUT2D eigenvalue weighted by atomic mass is 9.92. The van der Waals surface area contributed by atoms with Crippen LogP contribution in [0.15, 0.2) is 54.6 Å². The van der Waals surface area contributed by atoms with Crippen molar-refractivity contribution in [3.8, 4) is 11.1 Å². The van der Waals surface area contributed by atoms with Crippen molar-refractivity contribution in [3.63, 3.8) is 0 Å². The third kappa shape index (κ3) is 6.53. The minimum Gasteiger partial charge on any atom is -0.465 e. The van der Waals surface area contributed by atoms with Gasteiger partial charge in [0.2, 0.25) is 0 Å². The fourth-order valence-corrected chi connectivity index (χ4v) is 4.17. The second-order valence-electron chi connectivity index (χ2n) is 9.68. The number of carbonyl (C=O) groups excluding carboxylic acids is 1. The molecule has 2 aromatic carbocycles. The van der Waals surface area contributed by atoms with Crippen LogP contribution in [0.4, 0.5) is 4.39 Å². The SMILES string of the molecule is CC(C)COC(=O)C[C@H](O)C[C@H](O)/C=C/c1c(C2CC2)nc2ccccc2c1-c1ccc(F)cc1. The topological polar surface area (TPSA) is 79.7 Å². The number of fused-ring (bicyclic) bond motifs is 1. The molecular formula is C29H32FNO4. The Balaban J connectivity index is 1.62. The van der Waals surface area contributed by atoms with Crippen LogP contribution in [0.5, 0.6) is 0 Å². The van der Waals surface area contributed by atoms with Crippen molar-refractivity contribution in [2.24, 2.45) is 5.92 Å². The number of rotatable bonds is 10. The largest absolute Gasteiger partial charge is 0.465 e. The third-order valence-corrected chi connectivity index (χ3v) is 6.04. The molecule has 1 aliphatic carbocycles. The molecule has 6 heteroatoms. The van der Waals surface area contributed by atoms with Crippen LogP contribution in [0, 0.1) is 11.7 Å². The highest BCUT2D eigenvalue weighted by atomic mass is 19.1. The molecule has 0 spiro atoms. The Labute approximate surface area is 205 Å². The first-order valence-electron chi connectivity index (χ1n) is 12.2. The number of ether oxygens (including phenoxy) is 1. The molecule has 35 heavy (non-hydrogen) atoms. The van der Waals surface area contributed by atoms with Crippen LogP contribution in [0.1, 0.15) is 56.7 Å². The number of carbonyl (C=O) groups is 1. The van der Waals surface area contributed by atoms with E-state index in [1.165, 1.54) is 12.1 Å². The molecule has 1 aliphatic rings. The molecule has 184 valence electrons. The molecular weight excluding hydrogens is 445 g/mol. The van der Waals surface area contributed by atoms with Crippen LogP contribution < -0.4 is 0 Å². The van der Waals surface area contributed by atoms with Crippen LogP contribution in [-0.2, 0) is 9.53 Å². The number of nitrogens with zero attached hydrogens (tertiary/aromatic N) is 1. The lowest BCUT2D eigenvalue weighted by Crippen LogP contribution is -2.21. The van der Waals surface area contributed by atoms with E-state index in [2.05, 4.69) is 0 Å². The molecule has 4 rings (SSSR count). The second kappa shape index (κ2) is 11.1. The van der Waals surface area contributed by atoms with Gasteiger partial charge in [-0.2, -0.15) is 0 Å². The van der Waals surface area contributed by atoms with Crippen LogP contribution >= 0.6 is 0 Å². The summed E-state index contributed by atoms with van der Waals surface area (Å²) < 4.78 is 18.8. The van der Waals surface area contributed by atoms with Crippen LogP contribution in [-0.4, -0.2) is 40.0 Å². The molecule has 0 bridgehead atoms. The van der Waals surface area contributed by atoms with Crippen LogP contribution in [0.2, 0.25) is 0 Å². The predicted octanol–water partition coefficient (Wildman–Crippen LogP) is 5.63. The summed E-state index contributed by atoms with van der Waals surface area (Å²) in [6.45, 7) is 4.19. The van der Waals surface area contributed by atoms with Crippen molar-refractivity contribution in [1.82, 2.24) is 4.98 Å². The van der Waals surface area contributed by atoms with Gasteiger partial charge in [-0.15, -0.1) is 0 Å². The Kier molecular flexibility index (Phi) is 7.93. The van der Waals surface area contributed by atoms with Gasteiger partial charge in [-0.3, -0.25) is 9.78 Å². The van der Waals surface area contributed by atoms with Crippen molar-refractivity contribution in [1.29, 1.82) is 0 Å².